The second-order valence-corrected chi connectivity index (χ2v) is 5.52. The molecule has 0 atom stereocenters. The van der Waals surface area contributed by atoms with E-state index in [0.717, 1.165) is 9.37 Å². The average Bonchev–Trinajstić information content (AvgIpc) is 2.41. The van der Waals surface area contributed by atoms with Crippen LogP contribution in [0.4, 0.5) is 5.69 Å². The van der Waals surface area contributed by atoms with E-state index in [-0.39, 0.29) is 5.69 Å². The van der Waals surface area contributed by atoms with Gasteiger partial charge >= 0.3 is 0 Å². The third kappa shape index (κ3) is 3.13. The van der Waals surface area contributed by atoms with E-state index in [9.17, 15) is 10.1 Å². The smallest absolute Gasteiger partial charge is 0.258 e. The Hall–Kier alpha value is -1.84. The molecule has 0 spiro atoms. The number of rotatable bonds is 3. The Morgan fingerprint density at radius 3 is 2.58 bits per heavy atom. The van der Waals surface area contributed by atoms with Crippen LogP contribution in [0.5, 0.6) is 0 Å². The molecule has 0 amide bonds. The number of halogens is 1. The summed E-state index contributed by atoms with van der Waals surface area (Å²) >= 11 is 4.82. The Bertz CT molecular complexity index is 683. The molecule has 0 aromatic heterocycles. The zero-order chi connectivity index (χ0) is 13.8. The van der Waals surface area contributed by atoms with Gasteiger partial charge in [-0.15, -0.1) is 0 Å². The molecule has 0 aliphatic carbocycles. The van der Waals surface area contributed by atoms with Gasteiger partial charge in [-0.25, -0.2) is 0 Å². The average molecular weight is 335 g/mol. The molecule has 0 unspecified atom stereocenters. The summed E-state index contributed by atoms with van der Waals surface area (Å²) in [6.07, 6.45) is 0. The molecule has 94 valence electrons. The van der Waals surface area contributed by atoms with Gasteiger partial charge in [-0.2, -0.15) is 5.26 Å². The van der Waals surface area contributed by atoms with Gasteiger partial charge in [-0.3, -0.25) is 10.1 Å². The fraction of sp³-hybridized carbons (Fsp3) is 0. The van der Waals surface area contributed by atoms with E-state index in [1.165, 1.54) is 23.9 Å². The second-order valence-electron chi connectivity index (χ2n) is 3.58. The Kier molecular flexibility index (Phi) is 4.20. The SMILES string of the molecule is N#Cc1cc([N+](=O)[O-])ccc1Sc1ccccc1Br. The summed E-state index contributed by atoms with van der Waals surface area (Å²) in [5, 5.41) is 19.7. The van der Waals surface area contributed by atoms with E-state index in [4.69, 9.17) is 5.26 Å². The lowest BCUT2D eigenvalue weighted by Crippen LogP contribution is -1.90. The van der Waals surface area contributed by atoms with Gasteiger partial charge in [0.15, 0.2) is 0 Å². The summed E-state index contributed by atoms with van der Waals surface area (Å²) in [4.78, 5) is 11.8. The molecule has 0 heterocycles. The van der Waals surface area contributed by atoms with Crippen molar-refractivity contribution in [1.82, 2.24) is 0 Å². The highest BCUT2D eigenvalue weighted by atomic mass is 79.9. The Morgan fingerprint density at radius 1 is 1.21 bits per heavy atom. The van der Waals surface area contributed by atoms with Crippen molar-refractivity contribution in [3.63, 3.8) is 0 Å². The summed E-state index contributed by atoms with van der Waals surface area (Å²) < 4.78 is 0.919. The number of non-ortho nitro benzene ring substituents is 1. The number of benzene rings is 2. The minimum Gasteiger partial charge on any atom is -0.258 e. The molecule has 2 aromatic carbocycles. The lowest BCUT2D eigenvalue weighted by molar-refractivity contribution is -0.384. The van der Waals surface area contributed by atoms with Gasteiger partial charge in [-0.1, -0.05) is 23.9 Å². The molecule has 0 radical (unpaired) electrons. The van der Waals surface area contributed by atoms with E-state index in [2.05, 4.69) is 15.9 Å². The molecule has 0 saturated heterocycles. The van der Waals surface area contributed by atoms with Gasteiger partial charge in [0.1, 0.15) is 6.07 Å². The number of hydrogen-bond acceptors (Lipinski definition) is 4. The number of nitro benzene ring substituents is 1. The highest BCUT2D eigenvalue weighted by Crippen LogP contribution is 2.36. The van der Waals surface area contributed by atoms with Gasteiger partial charge in [0.05, 0.1) is 10.5 Å². The van der Waals surface area contributed by atoms with Crippen molar-refractivity contribution in [3.05, 3.63) is 62.6 Å². The van der Waals surface area contributed by atoms with E-state index in [0.29, 0.717) is 10.5 Å². The molecule has 2 aromatic rings. The monoisotopic (exact) mass is 334 g/mol. The van der Waals surface area contributed by atoms with Crippen LogP contribution in [-0.2, 0) is 0 Å². The van der Waals surface area contributed by atoms with Crippen molar-refractivity contribution in [3.8, 4) is 6.07 Å². The zero-order valence-electron chi connectivity index (χ0n) is 9.54. The van der Waals surface area contributed by atoms with Crippen LogP contribution in [0.1, 0.15) is 5.56 Å². The maximum atomic E-state index is 10.7. The predicted octanol–water partition coefficient (Wildman–Crippen LogP) is 4.38. The largest absolute Gasteiger partial charge is 0.270 e. The van der Waals surface area contributed by atoms with Gasteiger partial charge in [0, 0.05) is 26.4 Å². The van der Waals surface area contributed by atoms with Crippen molar-refractivity contribution in [2.75, 3.05) is 0 Å². The third-order valence-corrected chi connectivity index (χ3v) is 4.46. The molecule has 19 heavy (non-hydrogen) atoms. The molecule has 0 fully saturated rings. The topological polar surface area (TPSA) is 66.9 Å². The molecule has 6 heteroatoms. The molecule has 0 aliphatic heterocycles. The molecule has 0 bridgehead atoms. The van der Waals surface area contributed by atoms with E-state index >= 15 is 0 Å². The van der Waals surface area contributed by atoms with Crippen molar-refractivity contribution in [2.24, 2.45) is 0 Å². The standard InChI is InChI=1S/C13H7BrN2O2S/c14-11-3-1-2-4-13(11)19-12-6-5-10(16(17)18)7-9(12)8-15/h1-7H. The third-order valence-electron chi connectivity index (χ3n) is 2.35. The van der Waals surface area contributed by atoms with Crippen molar-refractivity contribution in [2.45, 2.75) is 9.79 Å². The van der Waals surface area contributed by atoms with E-state index < -0.39 is 4.92 Å². The van der Waals surface area contributed by atoms with Crippen molar-refractivity contribution >= 4 is 33.4 Å². The Morgan fingerprint density at radius 2 is 1.95 bits per heavy atom. The first-order valence-corrected chi connectivity index (χ1v) is 6.83. The van der Waals surface area contributed by atoms with Crippen LogP contribution in [0.25, 0.3) is 0 Å². The predicted molar refractivity (Wildman–Crippen MR) is 76.1 cm³/mol. The quantitative estimate of drug-likeness (QED) is 0.617. The molecule has 2 rings (SSSR count). The molecule has 0 aliphatic rings. The van der Waals surface area contributed by atoms with E-state index in [1.807, 2.05) is 30.3 Å². The van der Waals surface area contributed by atoms with Crippen LogP contribution in [0.2, 0.25) is 0 Å². The van der Waals surface area contributed by atoms with Gasteiger partial charge in [0.2, 0.25) is 0 Å². The summed E-state index contributed by atoms with van der Waals surface area (Å²) in [5.74, 6) is 0. The lowest BCUT2D eigenvalue weighted by Gasteiger charge is -2.05. The first-order chi connectivity index (χ1) is 9.11. The Balaban J connectivity index is 2.39. The maximum Gasteiger partial charge on any atom is 0.270 e. The highest BCUT2D eigenvalue weighted by molar-refractivity contribution is 9.10. The first kappa shape index (κ1) is 13.6. The summed E-state index contributed by atoms with van der Waals surface area (Å²) in [7, 11) is 0. The van der Waals surface area contributed by atoms with Crippen molar-refractivity contribution in [1.29, 1.82) is 5.26 Å². The summed E-state index contributed by atoms with van der Waals surface area (Å²) in [6, 6.07) is 13.9. The second kappa shape index (κ2) is 5.87. The van der Waals surface area contributed by atoms with Crippen LogP contribution < -0.4 is 0 Å². The zero-order valence-corrected chi connectivity index (χ0v) is 11.9. The minimum absolute atomic E-state index is 0.0759. The normalized spacial score (nSPS) is 9.89. The van der Waals surface area contributed by atoms with Crippen LogP contribution in [0, 0.1) is 21.4 Å². The van der Waals surface area contributed by atoms with E-state index in [1.54, 1.807) is 6.07 Å². The molecular weight excluding hydrogens is 328 g/mol. The fourth-order valence-corrected chi connectivity index (χ4v) is 2.88. The molecule has 4 nitrogen and oxygen atoms in total. The lowest BCUT2D eigenvalue weighted by atomic mass is 10.2. The van der Waals surface area contributed by atoms with Gasteiger partial charge < -0.3 is 0 Å². The molecule has 0 saturated carbocycles. The summed E-state index contributed by atoms with van der Waals surface area (Å²) in [5.41, 5.74) is 0.225. The van der Waals surface area contributed by atoms with Gasteiger partial charge in [-0.05, 0) is 34.1 Å². The number of nitrogens with zero attached hydrogens (tertiary/aromatic N) is 2. The van der Waals surface area contributed by atoms with Crippen LogP contribution in [0.3, 0.4) is 0 Å². The fourth-order valence-electron chi connectivity index (χ4n) is 1.45. The van der Waals surface area contributed by atoms with Crippen LogP contribution >= 0.6 is 27.7 Å². The van der Waals surface area contributed by atoms with Gasteiger partial charge in [0.25, 0.3) is 5.69 Å². The summed E-state index contributed by atoms with van der Waals surface area (Å²) in [6.45, 7) is 0. The van der Waals surface area contributed by atoms with Crippen LogP contribution in [-0.4, -0.2) is 4.92 Å². The Labute approximate surface area is 122 Å². The molecule has 0 N–H and O–H groups in total. The number of hydrogen-bond donors (Lipinski definition) is 0. The molecular formula is C13H7BrN2O2S. The van der Waals surface area contributed by atoms with Crippen molar-refractivity contribution < 1.29 is 4.92 Å². The first-order valence-electron chi connectivity index (χ1n) is 5.22. The number of nitro groups is 1. The van der Waals surface area contributed by atoms with Crippen LogP contribution in [0.15, 0.2) is 56.7 Å². The maximum absolute atomic E-state index is 10.7. The highest BCUT2D eigenvalue weighted by Gasteiger charge is 2.12. The number of nitriles is 1. The minimum atomic E-state index is -0.506.